The average Bonchev–Trinajstić information content (AvgIpc) is 3.09. The number of carbonyl (C=O) groups is 1. The van der Waals surface area contributed by atoms with Gasteiger partial charge < -0.3 is 14.6 Å². The molecule has 5 aromatic rings. The fourth-order valence-corrected chi connectivity index (χ4v) is 6.00. The van der Waals surface area contributed by atoms with Crippen LogP contribution in [0.4, 0.5) is 0 Å². The highest BCUT2D eigenvalue weighted by Gasteiger charge is 2.40. The highest BCUT2D eigenvalue weighted by Crippen LogP contribution is 2.41. The maximum atomic E-state index is 13.4. The lowest BCUT2D eigenvalue weighted by Gasteiger charge is -2.37. The Morgan fingerprint density at radius 1 is 0.614 bits per heavy atom. The molecule has 224 valence electrons. The molecule has 4 nitrogen and oxygen atoms in total. The molecule has 0 fully saturated rings. The predicted octanol–water partition coefficient (Wildman–Crippen LogP) is 8.15. The number of benzene rings is 5. The van der Waals surface area contributed by atoms with Gasteiger partial charge in [0.25, 0.3) is 0 Å². The van der Waals surface area contributed by atoms with Gasteiger partial charge in [-0.25, -0.2) is 0 Å². The zero-order valence-corrected chi connectivity index (χ0v) is 25.2. The average molecular weight is 585 g/mol. The zero-order valence-electron chi connectivity index (χ0n) is 25.2. The maximum Gasteiger partial charge on any atom is 0.313 e. The van der Waals surface area contributed by atoms with Crippen molar-refractivity contribution >= 4 is 5.97 Å². The van der Waals surface area contributed by atoms with Gasteiger partial charge in [-0.05, 0) is 47.6 Å². The summed E-state index contributed by atoms with van der Waals surface area (Å²) in [6.07, 6.45) is 0.0896. The van der Waals surface area contributed by atoms with Gasteiger partial charge in [0.05, 0.1) is 19.3 Å². The molecule has 0 spiro atoms. The van der Waals surface area contributed by atoms with Crippen LogP contribution in [-0.2, 0) is 19.9 Å². The van der Waals surface area contributed by atoms with E-state index in [0.29, 0.717) is 12.8 Å². The third kappa shape index (κ3) is 7.16. The van der Waals surface area contributed by atoms with Crippen LogP contribution in [-0.4, -0.2) is 30.4 Å². The molecule has 4 heteroatoms. The van der Waals surface area contributed by atoms with E-state index >= 15 is 0 Å². The van der Waals surface area contributed by atoms with Gasteiger partial charge in [0.1, 0.15) is 11.5 Å². The molecule has 0 aliphatic heterocycles. The van der Waals surface area contributed by atoms with Crippen LogP contribution in [0, 0.1) is 5.92 Å². The van der Waals surface area contributed by atoms with Crippen LogP contribution < -0.4 is 0 Å². The third-order valence-electron chi connectivity index (χ3n) is 8.23. The smallest absolute Gasteiger partial charge is 0.313 e. The predicted molar refractivity (Wildman–Crippen MR) is 175 cm³/mol. The number of esters is 1. The van der Waals surface area contributed by atoms with Crippen molar-refractivity contribution in [3.05, 3.63) is 179 Å². The van der Waals surface area contributed by atoms with E-state index in [1.807, 2.05) is 127 Å². The number of hydrogen-bond donors (Lipinski definition) is 1. The first-order valence-electron chi connectivity index (χ1n) is 15.4. The van der Waals surface area contributed by atoms with Crippen molar-refractivity contribution < 1.29 is 19.4 Å². The summed E-state index contributed by atoms with van der Waals surface area (Å²) in [5.74, 6) is -1.26. The molecule has 5 aromatic carbocycles. The van der Waals surface area contributed by atoms with Crippen molar-refractivity contribution in [1.29, 1.82) is 0 Å². The number of hydrogen-bond acceptors (Lipinski definition) is 4. The molecule has 0 unspecified atom stereocenters. The van der Waals surface area contributed by atoms with Crippen LogP contribution in [0.15, 0.2) is 152 Å². The first kappa shape index (κ1) is 30.9. The maximum absolute atomic E-state index is 13.4. The third-order valence-corrected chi connectivity index (χ3v) is 8.23. The summed E-state index contributed by atoms with van der Waals surface area (Å²) in [5, 5.41) is 11.7. The SMILES string of the molecule is CCOC(=O)[C@@H](COC(c1ccccc1)(c1ccccc1)c1ccccc1)[C@@H](O)CCC(c1ccccc1)c1ccccc1. The minimum Gasteiger partial charge on any atom is -0.466 e. The lowest BCUT2D eigenvalue weighted by Crippen LogP contribution is -2.40. The van der Waals surface area contributed by atoms with Gasteiger partial charge >= 0.3 is 5.97 Å². The van der Waals surface area contributed by atoms with E-state index in [-0.39, 0.29) is 19.1 Å². The van der Waals surface area contributed by atoms with E-state index in [1.54, 1.807) is 6.92 Å². The van der Waals surface area contributed by atoms with E-state index in [0.717, 1.165) is 16.7 Å². The summed E-state index contributed by atoms with van der Waals surface area (Å²) in [7, 11) is 0. The monoisotopic (exact) mass is 584 g/mol. The van der Waals surface area contributed by atoms with Crippen LogP contribution in [0.25, 0.3) is 0 Å². The summed E-state index contributed by atoms with van der Waals surface area (Å²) in [6.45, 7) is 1.98. The second-order valence-electron chi connectivity index (χ2n) is 11.0. The van der Waals surface area contributed by atoms with Crippen LogP contribution in [0.5, 0.6) is 0 Å². The topological polar surface area (TPSA) is 55.8 Å². The number of aliphatic hydroxyl groups is 1. The van der Waals surface area contributed by atoms with Gasteiger partial charge in [-0.2, -0.15) is 0 Å². The molecule has 0 aliphatic rings. The van der Waals surface area contributed by atoms with Crippen molar-refractivity contribution in [2.75, 3.05) is 13.2 Å². The Bertz CT molecular complexity index is 1400. The molecular formula is C40H40O4. The minimum absolute atomic E-state index is 0.0278. The summed E-state index contributed by atoms with van der Waals surface area (Å²) in [4.78, 5) is 13.4. The summed E-state index contributed by atoms with van der Waals surface area (Å²) >= 11 is 0. The van der Waals surface area contributed by atoms with Crippen LogP contribution in [0.2, 0.25) is 0 Å². The second-order valence-corrected chi connectivity index (χ2v) is 11.0. The fraction of sp³-hybridized carbons (Fsp3) is 0.225. The molecule has 44 heavy (non-hydrogen) atoms. The van der Waals surface area contributed by atoms with Gasteiger partial charge in [0, 0.05) is 5.92 Å². The van der Waals surface area contributed by atoms with Crippen LogP contribution in [0.1, 0.15) is 53.5 Å². The highest BCUT2D eigenvalue weighted by atomic mass is 16.5. The minimum atomic E-state index is -1.01. The first-order chi connectivity index (χ1) is 21.6. The largest absolute Gasteiger partial charge is 0.466 e. The zero-order chi connectivity index (χ0) is 30.6. The Hall–Kier alpha value is -4.51. The Morgan fingerprint density at radius 3 is 1.39 bits per heavy atom. The number of rotatable bonds is 14. The van der Waals surface area contributed by atoms with Gasteiger partial charge in [0.15, 0.2) is 0 Å². The van der Waals surface area contributed by atoms with Gasteiger partial charge in [0.2, 0.25) is 0 Å². The molecule has 0 bridgehead atoms. The van der Waals surface area contributed by atoms with Gasteiger partial charge in [-0.15, -0.1) is 0 Å². The molecule has 2 atom stereocenters. The molecular weight excluding hydrogens is 544 g/mol. The highest BCUT2D eigenvalue weighted by molar-refractivity contribution is 5.73. The van der Waals surface area contributed by atoms with Gasteiger partial charge in [-0.3, -0.25) is 4.79 Å². The standard InChI is InChI=1S/C40H40O4/c1-2-43-39(42)37(38(41)29-28-36(31-18-8-3-9-19-31)32-20-10-4-11-21-32)30-44-40(33-22-12-5-13-23-33,34-24-14-6-15-25-34)35-26-16-7-17-27-35/h3-27,36-38,41H,2,28-30H2,1H3/t37-,38-/m0/s1. The first-order valence-corrected chi connectivity index (χ1v) is 15.4. The Morgan fingerprint density at radius 2 is 1.00 bits per heavy atom. The molecule has 0 saturated heterocycles. The second kappa shape index (κ2) is 15.3. The Balaban J connectivity index is 1.47. The summed E-state index contributed by atoms with van der Waals surface area (Å²) in [5.41, 5.74) is 4.13. The number of carbonyl (C=O) groups excluding carboxylic acids is 1. The van der Waals surface area contributed by atoms with Crippen LogP contribution >= 0.6 is 0 Å². The van der Waals surface area contributed by atoms with Crippen LogP contribution in [0.3, 0.4) is 0 Å². The van der Waals surface area contributed by atoms with Crippen molar-refractivity contribution in [2.24, 2.45) is 5.92 Å². The molecule has 0 aliphatic carbocycles. The number of aliphatic hydroxyl groups excluding tert-OH is 1. The van der Waals surface area contributed by atoms with Crippen molar-refractivity contribution in [3.8, 4) is 0 Å². The Kier molecular flexibility index (Phi) is 10.7. The van der Waals surface area contributed by atoms with Crippen molar-refractivity contribution in [2.45, 2.75) is 37.4 Å². The van der Waals surface area contributed by atoms with Gasteiger partial charge in [-0.1, -0.05) is 152 Å². The molecule has 0 aromatic heterocycles. The summed E-state index contributed by atoms with van der Waals surface area (Å²) in [6, 6.07) is 50.7. The van der Waals surface area contributed by atoms with E-state index < -0.39 is 23.6 Å². The quantitative estimate of drug-likeness (QED) is 0.106. The van der Waals surface area contributed by atoms with Crippen molar-refractivity contribution in [1.82, 2.24) is 0 Å². The van der Waals surface area contributed by atoms with Crippen molar-refractivity contribution in [3.63, 3.8) is 0 Å². The molecule has 0 radical (unpaired) electrons. The van der Waals surface area contributed by atoms with E-state index in [1.165, 1.54) is 11.1 Å². The van der Waals surface area contributed by atoms with E-state index in [2.05, 4.69) is 24.3 Å². The molecule has 5 rings (SSSR count). The lowest BCUT2D eigenvalue weighted by molar-refractivity contribution is -0.157. The molecule has 0 amide bonds. The molecule has 0 saturated carbocycles. The lowest BCUT2D eigenvalue weighted by atomic mass is 9.80. The molecule has 1 N–H and O–H groups in total. The van der Waals surface area contributed by atoms with E-state index in [4.69, 9.17) is 9.47 Å². The fourth-order valence-electron chi connectivity index (χ4n) is 6.00. The van der Waals surface area contributed by atoms with E-state index in [9.17, 15) is 9.90 Å². The Labute approximate surface area is 260 Å². The summed E-state index contributed by atoms with van der Waals surface area (Å²) < 4.78 is 12.5. The normalized spacial score (nSPS) is 12.9. The molecule has 0 heterocycles. The number of ether oxygens (including phenoxy) is 2.